The Morgan fingerprint density at radius 3 is 2.67 bits per heavy atom. The molecule has 18 heavy (non-hydrogen) atoms. The molecule has 5 nitrogen and oxygen atoms in total. The molecule has 102 valence electrons. The Hall–Kier alpha value is -1.43. The molecule has 4 N–H and O–H groups in total. The summed E-state index contributed by atoms with van der Waals surface area (Å²) >= 11 is 0. The van der Waals surface area contributed by atoms with E-state index in [2.05, 4.69) is 34.6 Å². The number of rotatable bonds is 7. The van der Waals surface area contributed by atoms with Gasteiger partial charge in [0.05, 0.1) is 6.20 Å². The number of nitrogen functional groups attached to an aromatic ring is 1. The fourth-order valence-electron chi connectivity index (χ4n) is 1.68. The molecule has 0 saturated heterocycles. The number of nitrogens with zero attached hydrogens (tertiary/aromatic N) is 2. The molecule has 0 aliphatic carbocycles. The Balaban J connectivity index is 2.50. The van der Waals surface area contributed by atoms with E-state index in [1.807, 2.05) is 6.92 Å². The van der Waals surface area contributed by atoms with Gasteiger partial charge >= 0.3 is 0 Å². The topological polar surface area (TPSA) is 75.9 Å². The van der Waals surface area contributed by atoms with E-state index in [1.165, 1.54) is 6.42 Å². The van der Waals surface area contributed by atoms with Crippen LogP contribution in [0.4, 0.5) is 16.2 Å². The van der Waals surface area contributed by atoms with Gasteiger partial charge < -0.3 is 5.32 Å². The van der Waals surface area contributed by atoms with E-state index < -0.39 is 5.82 Å². The van der Waals surface area contributed by atoms with Crippen LogP contribution in [0.2, 0.25) is 0 Å². The van der Waals surface area contributed by atoms with Crippen LogP contribution in [0.5, 0.6) is 0 Å². The summed E-state index contributed by atoms with van der Waals surface area (Å²) in [4.78, 5) is 7.63. The maximum Gasteiger partial charge on any atom is 0.239 e. The fraction of sp³-hybridized carbons (Fsp3) is 0.667. The van der Waals surface area contributed by atoms with Gasteiger partial charge in [0.1, 0.15) is 0 Å². The first kappa shape index (κ1) is 14.6. The molecule has 0 aliphatic heterocycles. The van der Waals surface area contributed by atoms with E-state index in [4.69, 9.17) is 5.84 Å². The summed E-state index contributed by atoms with van der Waals surface area (Å²) in [5.74, 6) is 5.81. The molecule has 0 radical (unpaired) electrons. The molecule has 0 fully saturated rings. The van der Waals surface area contributed by atoms with Crippen LogP contribution in [0.15, 0.2) is 6.20 Å². The highest BCUT2D eigenvalue weighted by atomic mass is 19.1. The van der Waals surface area contributed by atoms with Crippen LogP contribution in [0.3, 0.4) is 0 Å². The van der Waals surface area contributed by atoms with Gasteiger partial charge in [0.15, 0.2) is 11.6 Å². The normalized spacial score (nSPS) is 12.6. The molecule has 1 heterocycles. The predicted octanol–water partition coefficient (Wildman–Crippen LogP) is 2.53. The molecule has 1 aromatic heterocycles. The molecule has 1 unspecified atom stereocenters. The summed E-state index contributed by atoms with van der Waals surface area (Å²) in [7, 11) is 0. The highest BCUT2D eigenvalue weighted by Crippen LogP contribution is 2.15. The zero-order valence-electron chi connectivity index (χ0n) is 11.2. The molecular formula is C12H22FN5. The Morgan fingerprint density at radius 1 is 1.33 bits per heavy atom. The van der Waals surface area contributed by atoms with Crippen LogP contribution in [0.1, 0.15) is 40.0 Å². The fourth-order valence-corrected chi connectivity index (χ4v) is 1.68. The minimum atomic E-state index is -0.468. The molecule has 1 rings (SSSR count). The van der Waals surface area contributed by atoms with E-state index in [1.54, 1.807) is 0 Å². The Labute approximate surface area is 107 Å². The largest absolute Gasteiger partial charge is 0.365 e. The first-order valence-electron chi connectivity index (χ1n) is 6.28. The Kier molecular flexibility index (Phi) is 5.77. The van der Waals surface area contributed by atoms with Crippen LogP contribution >= 0.6 is 0 Å². The second-order valence-corrected chi connectivity index (χ2v) is 4.90. The van der Waals surface area contributed by atoms with Crippen LogP contribution < -0.4 is 16.6 Å². The first-order valence-corrected chi connectivity index (χ1v) is 6.28. The number of hydrogen-bond acceptors (Lipinski definition) is 5. The van der Waals surface area contributed by atoms with Gasteiger partial charge in [-0.3, -0.25) is 5.43 Å². The van der Waals surface area contributed by atoms with Crippen molar-refractivity contribution < 1.29 is 4.39 Å². The SMILES string of the molecule is CC(C)CCCC(C)Nc1nc(NN)ncc1F. The second-order valence-electron chi connectivity index (χ2n) is 4.90. The van der Waals surface area contributed by atoms with Crippen LogP contribution in [0, 0.1) is 11.7 Å². The van der Waals surface area contributed by atoms with Crippen LogP contribution in [0.25, 0.3) is 0 Å². The van der Waals surface area contributed by atoms with Gasteiger partial charge in [-0.2, -0.15) is 4.98 Å². The van der Waals surface area contributed by atoms with Gasteiger partial charge in [0, 0.05) is 6.04 Å². The molecule has 0 amide bonds. The van der Waals surface area contributed by atoms with E-state index in [0.29, 0.717) is 5.92 Å². The van der Waals surface area contributed by atoms with E-state index in [-0.39, 0.29) is 17.8 Å². The second kappa shape index (κ2) is 7.10. The third-order valence-electron chi connectivity index (χ3n) is 2.67. The zero-order valence-corrected chi connectivity index (χ0v) is 11.2. The zero-order chi connectivity index (χ0) is 13.5. The van der Waals surface area contributed by atoms with Crippen molar-refractivity contribution in [1.82, 2.24) is 9.97 Å². The third-order valence-corrected chi connectivity index (χ3v) is 2.67. The van der Waals surface area contributed by atoms with Crippen molar-refractivity contribution in [3.63, 3.8) is 0 Å². The maximum atomic E-state index is 13.5. The van der Waals surface area contributed by atoms with Crippen LogP contribution in [-0.2, 0) is 0 Å². The molecule has 0 aromatic carbocycles. The van der Waals surface area contributed by atoms with Gasteiger partial charge in [0.25, 0.3) is 0 Å². The molecule has 6 heteroatoms. The van der Waals surface area contributed by atoms with Crippen molar-refractivity contribution in [3.05, 3.63) is 12.0 Å². The lowest BCUT2D eigenvalue weighted by Gasteiger charge is -2.15. The van der Waals surface area contributed by atoms with Crippen molar-refractivity contribution in [1.29, 1.82) is 0 Å². The van der Waals surface area contributed by atoms with E-state index in [9.17, 15) is 4.39 Å². The van der Waals surface area contributed by atoms with Crippen molar-refractivity contribution in [2.24, 2.45) is 11.8 Å². The number of halogens is 1. The van der Waals surface area contributed by atoms with E-state index in [0.717, 1.165) is 19.0 Å². The smallest absolute Gasteiger partial charge is 0.239 e. The molecule has 0 bridgehead atoms. The van der Waals surface area contributed by atoms with Gasteiger partial charge in [-0.15, -0.1) is 0 Å². The van der Waals surface area contributed by atoms with Crippen molar-refractivity contribution in [2.75, 3.05) is 10.7 Å². The molecular weight excluding hydrogens is 233 g/mol. The summed E-state index contributed by atoms with van der Waals surface area (Å²) in [5, 5.41) is 3.04. The predicted molar refractivity (Wildman–Crippen MR) is 71.6 cm³/mol. The van der Waals surface area contributed by atoms with Gasteiger partial charge in [0.2, 0.25) is 5.95 Å². The molecule has 0 saturated carbocycles. The minimum absolute atomic E-state index is 0.166. The molecule has 0 aliphatic rings. The van der Waals surface area contributed by atoms with E-state index >= 15 is 0 Å². The minimum Gasteiger partial charge on any atom is -0.365 e. The quantitative estimate of drug-likeness (QED) is 0.515. The summed E-state index contributed by atoms with van der Waals surface area (Å²) in [6.45, 7) is 6.40. The maximum absolute atomic E-state index is 13.5. The van der Waals surface area contributed by atoms with Gasteiger partial charge in [-0.1, -0.05) is 26.7 Å². The number of aromatic nitrogens is 2. The highest BCUT2D eigenvalue weighted by Gasteiger charge is 2.09. The lowest BCUT2D eigenvalue weighted by Crippen LogP contribution is -2.19. The molecule has 0 spiro atoms. The van der Waals surface area contributed by atoms with Crippen molar-refractivity contribution in [2.45, 2.75) is 46.1 Å². The monoisotopic (exact) mass is 255 g/mol. The average molecular weight is 255 g/mol. The number of nitrogens with two attached hydrogens (primary N) is 1. The summed E-state index contributed by atoms with van der Waals surface area (Å²) in [6.07, 6.45) is 4.37. The lowest BCUT2D eigenvalue weighted by atomic mass is 10.0. The molecule has 1 aromatic rings. The highest BCUT2D eigenvalue weighted by molar-refractivity contribution is 5.41. The number of hydrazine groups is 1. The first-order chi connectivity index (χ1) is 8.52. The van der Waals surface area contributed by atoms with Crippen molar-refractivity contribution in [3.8, 4) is 0 Å². The summed E-state index contributed by atoms with van der Waals surface area (Å²) < 4.78 is 13.5. The van der Waals surface area contributed by atoms with Crippen molar-refractivity contribution >= 4 is 11.8 Å². The Morgan fingerprint density at radius 2 is 2.06 bits per heavy atom. The van der Waals surface area contributed by atoms with Gasteiger partial charge in [-0.25, -0.2) is 15.2 Å². The van der Waals surface area contributed by atoms with Gasteiger partial charge in [-0.05, 0) is 19.3 Å². The molecule has 1 atom stereocenters. The number of hydrogen-bond donors (Lipinski definition) is 3. The summed E-state index contributed by atoms with van der Waals surface area (Å²) in [5.41, 5.74) is 2.30. The lowest BCUT2D eigenvalue weighted by molar-refractivity contribution is 0.518. The third kappa shape index (κ3) is 4.83. The number of nitrogens with one attached hydrogen (secondary N) is 2. The Bertz CT molecular complexity index is 369. The van der Waals surface area contributed by atoms with Crippen LogP contribution in [-0.4, -0.2) is 16.0 Å². The average Bonchev–Trinajstić information content (AvgIpc) is 2.31. The summed E-state index contributed by atoms with van der Waals surface area (Å²) in [6, 6.07) is 0.166. The standard InChI is InChI=1S/C12H22FN5/c1-8(2)5-4-6-9(3)16-11-10(13)7-15-12(17-11)18-14/h7-9H,4-6,14H2,1-3H3,(H2,15,16,17,18). The number of anilines is 2.